The average Bonchev–Trinajstić information content (AvgIpc) is 2.66. The predicted molar refractivity (Wildman–Crippen MR) is 63.4 cm³/mol. The van der Waals surface area contributed by atoms with Gasteiger partial charge in [-0.25, -0.2) is 4.68 Å². The van der Waals surface area contributed by atoms with Gasteiger partial charge >= 0.3 is 5.97 Å². The van der Waals surface area contributed by atoms with Crippen LogP contribution < -0.4 is 0 Å². The SMILES string of the molecule is CC(C)c1c(CC(=O)O)nnn1CCOCCO. The number of aliphatic hydroxyl groups excluding tert-OH is 1. The Kier molecular flexibility index (Phi) is 5.73. The molecule has 0 spiro atoms. The first-order valence-electron chi connectivity index (χ1n) is 5.89. The summed E-state index contributed by atoms with van der Waals surface area (Å²) in [5.74, 6) is -0.771. The van der Waals surface area contributed by atoms with E-state index in [4.69, 9.17) is 14.9 Å². The van der Waals surface area contributed by atoms with E-state index in [0.29, 0.717) is 18.8 Å². The Hall–Kier alpha value is -1.47. The second-order valence-corrected chi connectivity index (χ2v) is 4.21. The van der Waals surface area contributed by atoms with Gasteiger partial charge in [0.15, 0.2) is 0 Å². The molecule has 1 aromatic heterocycles. The number of hydrogen-bond acceptors (Lipinski definition) is 5. The minimum atomic E-state index is -0.916. The fourth-order valence-corrected chi connectivity index (χ4v) is 1.74. The molecule has 0 saturated carbocycles. The minimum Gasteiger partial charge on any atom is -0.481 e. The van der Waals surface area contributed by atoms with Crippen LogP contribution in [0.3, 0.4) is 0 Å². The zero-order chi connectivity index (χ0) is 13.5. The summed E-state index contributed by atoms with van der Waals surface area (Å²) in [5.41, 5.74) is 1.32. The van der Waals surface area contributed by atoms with Gasteiger partial charge in [-0.05, 0) is 5.92 Å². The van der Waals surface area contributed by atoms with Gasteiger partial charge in [0, 0.05) is 0 Å². The van der Waals surface area contributed by atoms with Crippen LogP contribution in [-0.4, -0.2) is 51.0 Å². The average molecular weight is 257 g/mol. The summed E-state index contributed by atoms with van der Waals surface area (Å²) in [6, 6.07) is 0. The number of carboxylic acids is 1. The largest absolute Gasteiger partial charge is 0.481 e. The van der Waals surface area contributed by atoms with Crippen molar-refractivity contribution in [2.45, 2.75) is 32.7 Å². The zero-order valence-corrected chi connectivity index (χ0v) is 10.7. The minimum absolute atomic E-state index is 0.0152. The smallest absolute Gasteiger partial charge is 0.309 e. The second-order valence-electron chi connectivity index (χ2n) is 4.21. The fraction of sp³-hybridized carbons (Fsp3) is 0.727. The molecule has 2 N–H and O–H groups in total. The molecule has 102 valence electrons. The normalized spacial score (nSPS) is 11.1. The van der Waals surface area contributed by atoms with Crippen LogP contribution in [0.2, 0.25) is 0 Å². The van der Waals surface area contributed by atoms with Crippen LogP contribution in [0.1, 0.15) is 31.2 Å². The lowest BCUT2D eigenvalue weighted by Gasteiger charge is -2.10. The van der Waals surface area contributed by atoms with Gasteiger partial charge < -0.3 is 14.9 Å². The first-order chi connectivity index (χ1) is 8.56. The third-order valence-corrected chi connectivity index (χ3v) is 2.40. The number of hydrogen-bond donors (Lipinski definition) is 2. The number of aliphatic carboxylic acids is 1. The Labute approximate surface area is 105 Å². The quantitative estimate of drug-likeness (QED) is 0.638. The molecule has 0 fully saturated rings. The van der Waals surface area contributed by atoms with Gasteiger partial charge in [-0.3, -0.25) is 4.79 Å². The van der Waals surface area contributed by atoms with E-state index in [1.54, 1.807) is 4.68 Å². The highest BCUT2D eigenvalue weighted by Gasteiger charge is 2.18. The molecule has 1 heterocycles. The van der Waals surface area contributed by atoms with Crippen LogP contribution in [0.25, 0.3) is 0 Å². The molecule has 0 bridgehead atoms. The lowest BCUT2D eigenvalue weighted by atomic mass is 10.1. The molecule has 0 radical (unpaired) electrons. The van der Waals surface area contributed by atoms with Gasteiger partial charge in [0.1, 0.15) is 0 Å². The highest BCUT2D eigenvalue weighted by atomic mass is 16.5. The Morgan fingerprint density at radius 1 is 1.44 bits per heavy atom. The summed E-state index contributed by atoms with van der Waals surface area (Å²) >= 11 is 0. The molecule has 0 aliphatic carbocycles. The Morgan fingerprint density at radius 3 is 2.72 bits per heavy atom. The lowest BCUT2D eigenvalue weighted by molar-refractivity contribution is -0.136. The van der Waals surface area contributed by atoms with E-state index in [9.17, 15) is 4.79 Å². The van der Waals surface area contributed by atoms with Gasteiger partial charge in [0.2, 0.25) is 0 Å². The third kappa shape index (κ3) is 4.08. The number of rotatable bonds is 8. The van der Waals surface area contributed by atoms with Crippen LogP contribution >= 0.6 is 0 Å². The van der Waals surface area contributed by atoms with Crippen LogP contribution in [0.15, 0.2) is 0 Å². The highest BCUT2D eigenvalue weighted by molar-refractivity contribution is 5.69. The van der Waals surface area contributed by atoms with Crippen molar-refractivity contribution in [2.24, 2.45) is 0 Å². The highest BCUT2D eigenvalue weighted by Crippen LogP contribution is 2.17. The summed E-state index contributed by atoms with van der Waals surface area (Å²) < 4.78 is 6.82. The fourth-order valence-electron chi connectivity index (χ4n) is 1.74. The molecule has 1 rings (SSSR count). The number of aliphatic hydroxyl groups is 1. The van der Waals surface area contributed by atoms with E-state index in [1.807, 2.05) is 13.8 Å². The Balaban J connectivity index is 2.72. The number of ether oxygens (including phenoxy) is 1. The van der Waals surface area contributed by atoms with E-state index in [-0.39, 0.29) is 25.6 Å². The van der Waals surface area contributed by atoms with Crippen LogP contribution in [0, 0.1) is 0 Å². The van der Waals surface area contributed by atoms with Crippen molar-refractivity contribution in [2.75, 3.05) is 19.8 Å². The van der Waals surface area contributed by atoms with Crippen molar-refractivity contribution < 1.29 is 19.7 Å². The van der Waals surface area contributed by atoms with Crippen molar-refractivity contribution >= 4 is 5.97 Å². The monoisotopic (exact) mass is 257 g/mol. The number of carbonyl (C=O) groups is 1. The van der Waals surface area contributed by atoms with Gasteiger partial charge in [0.25, 0.3) is 0 Å². The molecule has 0 unspecified atom stereocenters. The summed E-state index contributed by atoms with van der Waals surface area (Å²) in [7, 11) is 0. The lowest BCUT2D eigenvalue weighted by Crippen LogP contribution is -2.14. The van der Waals surface area contributed by atoms with E-state index >= 15 is 0 Å². The summed E-state index contributed by atoms with van der Waals surface area (Å²) in [4.78, 5) is 10.7. The first-order valence-corrected chi connectivity index (χ1v) is 5.89. The zero-order valence-electron chi connectivity index (χ0n) is 10.7. The molecule has 0 aliphatic heterocycles. The molecule has 7 heteroatoms. The summed E-state index contributed by atoms with van der Waals surface area (Å²) in [6.07, 6.45) is -0.120. The van der Waals surface area contributed by atoms with Crippen molar-refractivity contribution in [3.63, 3.8) is 0 Å². The van der Waals surface area contributed by atoms with Crippen LogP contribution in [0.5, 0.6) is 0 Å². The van der Waals surface area contributed by atoms with Crippen LogP contribution in [0.4, 0.5) is 0 Å². The topological polar surface area (TPSA) is 97.5 Å². The number of aromatic nitrogens is 3. The molecular weight excluding hydrogens is 238 g/mol. The molecule has 18 heavy (non-hydrogen) atoms. The standard InChI is InChI=1S/C11H19N3O4/c1-8(2)11-9(7-10(16)17)12-13-14(11)3-5-18-6-4-15/h8,15H,3-7H2,1-2H3,(H,16,17). The first kappa shape index (κ1) is 14.6. The van der Waals surface area contributed by atoms with Crippen molar-refractivity contribution in [3.8, 4) is 0 Å². The molecule has 1 aromatic rings. The molecule has 0 saturated heterocycles. The van der Waals surface area contributed by atoms with Gasteiger partial charge in [-0.1, -0.05) is 19.1 Å². The summed E-state index contributed by atoms with van der Waals surface area (Å²) in [5, 5.41) is 25.2. The van der Waals surface area contributed by atoms with Gasteiger partial charge in [-0.2, -0.15) is 0 Å². The third-order valence-electron chi connectivity index (χ3n) is 2.40. The maximum Gasteiger partial charge on any atom is 0.309 e. The van der Waals surface area contributed by atoms with E-state index in [1.165, 1.54) is 0 Å². The molecule has 0 aromatic carbocycles. The maximum absolute atomic E-state index is 10.7. The molecular formula is C11H19N3O4. The van der Waals surface area contributed by atoms with Crippen LogP contribution in [-0.2, 0) is 22.5 Å². The van der Waals surface area contributed by atoms with Crippen molar-refractivity contribution in [3.05, 3.63) is 11.4 Å². The predicted octanol–water partition coefficient (Wildman–Crippen LogP) is 0.0375. The van der Waals surface area contributed by atoms with Gasteiger partial charge in [0.05, 0.1) is 44.2 Å². The number of carboxylic acid groups (broad SMARTS) is 1. The molecule has 0 aliphatic rings. The van der Waals surface area contributed by atoms with Crippen molar-refractivity contribution in [1.82, 2.24) is 15.0 Å². The molecule has 0 amide bonds. The molecule has 0 atom stereocenters. The maximum atomic E-state index is 10.7. The van der Waals surface area contributed by atoms with E-state index in [2.05, 4.69) is 10.3 Å². The number of nitrogens with zero attached hydrogens (tertiary/aromatic N) is 3. The summed E-state index contributed by atoms with van der Waals surface area (Å²) in [6.45, 7) is 5.12. The van der Waals surface area contributed by atoms with Gasteiger partial charge in [-0.15, -0.1) is 5.10 Å². The Morgan fingerprint density at radius 2 is 2.17 bits per heavy atom. The molecule has 7 nitrogen and oxygen atoms in total. The van der Waals surface area contributed by atoms with E-state index < -0.39 is 5.97 Å². The van der Waals surface area contributed by atoms with Crippen molar-refractivity contribution in [1.29, 1.82) is 0 Å². The second kappa shape index (κ2) is 7.07. The Bertz CT molecular complexity index is 390. The van der Waals surface area contributed by atoms with E-state index in [0.717, 1.165) is 5.69 Å².